The molecule has 36 heavy (non-hydrogen) atoms. The first-order chi connectivity index (χ1) is 17.5. The van der Waals surface area contributed by atoms with Gasteiger partial charge in [0.2, 0.25) is 5.70 Å². The largest absolute Gasteiger partial charge is 0.496 e. The van der Waals surface area contributed by atoms with Gasteiger partial charge in [-0.25, -0.2) is 4.98 Å². The number of allylic oxidation sites excluding steroid dienone is 1. The van der Waals surface area contributed by atoms with Gasteiger partial charge in [-0.2, -0.15) is 10.8 Å². The second-order valence-electron chi connectivity index (χ2n) is 9.23. The molecule has 9 nitrogen and oxygen atoms in total. The predicted octanol–water partition coefficient (Wildman–Crippen LogP) is 3.66. The number of ether oxygens (including phenoxy) is 1. The van der Waals surface area contributed by atoms with E-state index in [1.54, 1.807) is 31.8 Å². The van der Waals surface area contributed by atoms with Crippen molar-refractivity contribution in [3.05, 3.63) is 77.0 Å². The van der Waals surface area contributed by atoms with Crippen molar-refractivity contribution in [3.63, 3.8) is 0 Å². The third-order valence-electron chi connectivity index (χ3n) is 6.77. The second kappa shape index (κ2) is 10.1. The van der Waals surface area contributed by atoms with E-state index in [1.165, 1.54) is 0 Å². The van der Waals surface area contributed by atoms with Gasteiger partial charge in [0.25, 0.3) is 11.7 Å². The highest BCUT2D eigenvalue weighted by molar-refractivity contribution is 6.07. The summed E-state index contributed by atoms with van der Waals surface area (Å²) < 4.78 is 5.55. The van der Waals surface area contributed by atoms with Gasteiger partial charge in [-0.3, -0.25) is 9.79 Å². The number of carbonyl (C=O) groups excluding carboxylic acids is 1. The minimum Gasteiger partial charge on any atom is -0.496 e. The van der Waals surface area contributed by atoms with Crippen molar-refractivity contribution in [1.29, 1.82) is 0 Å². The molecule has 4 N–H and O–H groups in total. The van der Waals surface area contributed by atoms with Crippen LogP contribution in [0.15, 0.2) is 70.3 Å². The molecule has 186 valence electrons. The zero-order chi connectivity index (χ0) is 25.1. The summed E-state index contributed by atoms with van der Waals surface area (Å²) in [4.78, 5) is 26.7. The van der Waals surface area contributed by atoms with Crippen LogP contribution >= 0.6 is 0 Å². The first-order valence-electron chi connectivity index (χ1n) is 12.4. The van der Waals surface area contributed by atoms with Gasteiger partial charge in [0, 0.05) is 6.20 Å². The number of quaternary nitrogens is 1. The molecule has 0 aliphatic carbocycles. The van der Waals surface area contributed by atoms with Crippen LogP contribution in [0.5, 0.6) is 5.75 Å². The molecule has 9 heteroatoms. The maximum absolute atomic E-state index is 13.1. The molecule has 3 aliphatic heterocycles. The van der Waals surface area contributed by atoms with Crippen LogP contribution in [0.2, 0.25) is 0 Å². The minimum absolute atomic E-state index is 0.0696. The first kappa shape index (κ1) is 24.1. The molecule has 4 heterocycles. The molecule has 2 unspecified atom stereocenters. The molecular formula is C27H32N7O2+. The fourth-order valence-corrected chi connectivity index (χ4v) is 4.94. The number of aryl methyl sites for hydroxylation is 1. The number of amides is 1. The van der Waals surface area contributed by atoms with Gasteiger partial charge in [0.15, 0.2) is 0 Å². The Morgan fingerprint density at radius 1 is 1.28 bits per heavy atom. The number of anilines is 1. The third-order valence-corrected chi connectivity index (χ3v) is 6.77. The van der Waals surface area contributed by atoms with Gasteiger partial charge < -0.3 is 15.4 Å². The van der Waals surface area contributed by atoms with E-state index < -0.39 is 0 Å². The fourth-order valence-electron chi connectivity index (χ4n) is 4.94. The minimum atomic E-state index is -0.291. The summed E-state index contributed by atoms with van der Waals surface area (Å²) in [5, 5.41) is 6.45. The number of nitrogens with zero attached hydrogens (tertiary/aromatic N) is 4. The number of methoxy groups -OCH3 is 1. The number of aliphatic imine (C=N–C) groups is 2. The highest BCUT2D eigenvalue weighted by Crippen LogP contribution is 2.35. The number of pyridine rings is 1. The Labute approximate surface area is 211 Å². The lowest BCUT2D eigenvalue weighted by molar-refractivity contribution is -0.750. The number of rotatable bonds is 7. The zero-order valence-electron chi connectivity index (χ0n) is 20.7. The average molecular weight is 487 g/mol. The lowest BCUT2D eigenvalue weighted by atomic mass is 10.0. The van der Waals surface area contributed by atoms with Gasteiger partial charge in [-0.05, 0) is 61.7 Å². The van der Waals surface area contributed by atoms with Gasteiger partial charge >= 0.3 is 0 Å². The molecule has 5 rings (SSSR count). The molecule has 3 aliphatic rings. The molecule has 0 spiro atoms. The number of benzene rings is 1. The molecule has 2 aromatic rings. The highest BCUT2D eigenvalue weighted by atomic mass is 16.5. The van der Waals surface area contributed by atoms with E-state index in [0.717, 1.165) is 61.2 Å². The summed E-state index contributed by atoms with van der Waals surface area (Å²) in [5.74, 6) is 8.20. The van der Waals surface area contributed by atoms with Crippen LogP contribution < -0.4 is 21.2 Å². The molecule has 0 radical (unpaired) electrons. The maximum Gasteiger partial charge on any atom is 0.265 e. The van der Waals surface area contributed by atoms with E-state index in [4.69, 9.17) is 15.6 Å². The van der Waals surface area contributed by atoms with Gasteiger partial charge in [0.1, 0.15) is 23.5 Å². The molecule has 1 fully saturated rings. The summed E-state index contributed by atoms with van der Waals surface area (Å²) >= 11 is 0. The van der Waals surface area contributed by atoms with Crippen LogP contribution in [0.1, 0.15) is 54.1 Å². The van der Waals surface area contributed by atoms with Crippen molar-refractivity contribution in [2.24, 2.45) is 15.8 Å². The molecule has 0 saturated carbocycles. The predicted molar refractivity (Wildman–Crippen MR) is 140 cm³/mol. The van der Waals surface area contributed by atoms with Gasteiger partial charge in [-0.1, -0.05) is 19.8 Å². The fraction of sp³-hybridized carbons (Fsp3) is 0.333. The number of amidine groups is 1. The Balaban J connectivity index is 1.45. The van der Waals surface area contributed by atoms with Crippen LogP contribution in [0, 0.1) is 0 Å². The van der Waals surface area contributed by atoms with Crippen LogP contribution in [0.3, 0.4) is 0 Å². The standard InChI is InChI=1S/C27H31N7O2/c1-3-6-18-10-12-31-24(15-18)32-27(35)20-9-8-19(16-23(20)36-2)26-33-25(21-7-4-5-11-30-21)22-17-29-13-14-34(22,26)28/h8-10,12-17,21,30H,3-7,11,28H2,1-2H3/p+1. The molecule has 1 aromatic carbocycles. The topological polar surface area (TPSA) is 114 Å². The molecule has 0 bridgehead atoms. The molecular weight excluding hydrogens is 454 g/mol. The van der Waals surface area contributed by atoms with Crippen molar-refractivity contribution in [1.82, 2.24) is 10.3 Å². The van der Waals surface area contributed by atoms with Crippen LogP contribution in [0.25, 0.3) is 0 Å². The number of hydrogen-bond donors (Lipinski definition) is 3. The Morgan fingerprint density at radius 2 is 2.17 bits per heavy atom. The summed E-state index contributed by atoms with van der Waals surface area (Å²) in [7, 11) is 1.55. The quantitative estimate of drug-likeness (QED) is 0.408. The van der Waals surface area contributed by atoms with Crippen LogP contribution in [0.4, 0.5) is 5.82 Å². The van der Waals surface area contributed by atoms with E-state index in [1.807, 2.05) is 30.5 Å². The smallest absolute Gasteiger partial charge is 0.265 e. The SMILES string of the molecule is CCCc1ccnc(NC(=O)c2ccc(C3=NC(C4CCCCN4)=C4C=NC=C[N+]34N)cc2OC)c1. The number of aromatic nitrogens is 1. The number of carbonyl (C=O) groups is 1. The number of piperidine rings is 1. The van der Waals surface area contributed by atoms with E-state index in [2.05, 4.69) is 27.5 Å². The van der Waals surface area contributed by atoms with Crippen molar-refractivity contribution < 1.29 is 14.1 Å². The van der Waals surface area contributed by atoms with E-state index in [-0.39, 0.29) is 16.5 Å². The molecule has 1 amide bonds. The normalized spacial score (nSPS) is 22.9. The van der Waals surface area contributed by atoms with Crippen LogP contribution in [-0.2, 0) is 6.42 Å². The van der Waals surface area contributed by atoms with E-state index in [0.29, 0.717) is 23.0 Å². The molecule has 2 atom stereocenters. The highest BCUT2D eigenvalue weighted by Gasteiger charge is 2.46. The molecule has 1 aromatic heterocycles. The summed E-state index contributed by atoms with van der Waals surface area (Å²) in [6, 6.07) is 9.41. The number of nitrogens with two attached hydrogens (primary N) is 1. The zero-order valence-corrected chi connectivity index (χ0v) is 20.7. The molecule has 1 saturated heterocycles. The number of nitrogens with one attached hydrogen (secondary N) is 2. The lowest BCUT2D eigenvalue weighted by Crippen LogP contribution is -2.53. The summed E-state index contributed by atoms with van der Waals surface area (Å²) in [5.41, 5.74) is 4.08. The first-order valence-corrected chi connectivity index (χ1v) is 12.4. The Morgan fingerprint density at radius 3 is 2.94 bits per heavy atom. The van der Waals surface area contributed by atoms with Gasteiger partial charge in [0.05, 0.1) is 36.7 Å². The Bertz CT molecular complexity index is 1290. The number of fused-ring (bicyclic) bond motifs is 1. The van der Waals surface area contributed by atoms with Crippen molar-refractivity contribution in [2.75, 3.05) is 19.0 Å². The van der Waals surface area contributed by atoms with Crippen LogP contribution in [-0.4, -0.2) is 47.2 Å². The average Bonchev–Trinajstić information content (AvgIpc) is 3.22. The second-order valence-corrected chi connectivity index (χ2v) is 9.23. The van der Waals surface area contributed by atoms with Crippen molar-refractivity contribution in [2.45, 2.75) is 45.1 Å². The van der Waals surface area contributed by atoms with Crippen molar-refractivity contribution in [3.8, 4) is 5.75 Å². The van der Waals surface area contributed by atoms with E-state index in [9.17, 15) is 4.79 Å². The maximum atomic E-state index is 13.1. The Hall–Kier alpha value is -3.66. The van der Waals surface area contributed by atoms with Gasteiger partial charge in [-0.15, -0.1) is 4.59 Å². The van der Waals surface area contributed by atoms with Crippen molar-refractivity contribution >= 4 is 23.8 Å². The summed E-state index contributed by atoms with van der Waals surface area (Å²) in [6.45, 7) is 3.07. The third kappa shape index (κ3) is 4.48. The summed E-state index contributed by atoms with van der Waals surface area (Å²) in [6.07, 6.45) is 12.3. The van der Waals surface area contributed by atoms with E-state index >= 15 is 0 Å². The lowest BCUT2D eigenvalue weighted by Gasteiger charge is -2.27. The number of hydrogen-bond acceptors (Lipinski definition) is 7. The Kier molecular flexibility index (Phi) is 6.77. The monoisotopic (exact) mass is 486 g/mol.